The van der Waals surface area contributed by atoms with E-state index in [9.17, 15) is 4.79 Å². The molecule has 0 aliphatic rings. The molecule has 7 nitrogen and oxygen atoms in total. The summed E-state index contributed by atoms with van der Waals surface area (Å²) in [5, 5.41) is 11.7. The van der Waals surface area contributed by atoms with Crippen molar-refractivity contribution in [3.05, 3.63) is 17.8 Å². The first-order valence-electron chi connectivity index (χ1n) is 7.91. The van der Waals surface area contributed by atoms with E-state index in [0.717, 1.165) is 19.4 Å². The van der Waals surface area contributed by atoms with Crippen LogP contribution >= 0.6 is 0 Å². The van der Waals surface area contributed by atoms with Gasteiger partial charge in [-0.05, 0) is 26.3 Å². The van der Waals surface area contributed by atoms with Crippen molar-refractivity contribution >= 4 is 22.7 Å². The van der Waals surface area contributed by atoms with Crippen molar-refractivity contribution in [1.29, 1.82) is 0 Å². The highest BCUT2D eigenvalue weighted by molar-refractivity contribution is 6.00. The van der Waals surface area contributed by atoms with E-state index >= 15 is 0 Å². The Kier molecular flexibility index (Phi) is 6.08. The normalized spacial score (nSPS) is 10.6. The molecule has 0 fully saturated rings. The van der Waals surface area contributed by atoms with Crippen molar-refractivity contribution in [3.63, 3.8) is 0 Å². The van der Waals surface area contributed by atoms with Crippen LogP contribution in [0.25, 0.3) is 10.9 Å². The lowest BCUT2D eigenvalue weighted by Gasteiger charge is -2.12. The average molecular weight is 318 g/mol. The van der Waals surface area contributed by atoms with Crippen molar-refractivity contribution in [2.24, 2.45) is 0 Å². The van der Waals surface area contributed by atoms with Gasteiger partial charge in [0.15, 0.2) is 0 Å². The standard InChI is InChI=1S/C16H22N4O3/c1-4-7-8-17-14-12(16(21)23-6-3)9-11-13(19-14)10-18-20-15(11)22-5-2/h9-10H,4-8H2,1-3H3,(H,17,19). The Hall–Kier alpha value is -2.44. The summed E-state index contributed by atoms with van der Waals surface area (Å²) in [6, 6.07) is 1.70. The quantitative estimate of drug-likeness (QED) is 0.591. The molecule has 0 aromatic carbocycles. The smallest absolute Gasteiger partial charge is 0.341 e. The van der Waals surface area contributed by atoms with E-state index in [0.29, 0.717) is 41.4 Å². The van der Waals surface area contributed by atoms with Crippen LogP contribution in [0.5, 0.6) is 5.88 Å². The third-order valence-electron chi connectivity index (χ3n) is 3.21. The predicted octanol–water partition coefficient (Wildman–Crippen LogP) is 2.81. The predicted molar refractivity (Wildman–Crippen MR) is 87.9 cm³/mol. The molecule has 0 atom stereocenters. The first-order valence-corrected chi connectivity index (χ1v) is 7.91. The summed E-state index contributed by atoms with van der Waals surface area (Å²) in [4.78, 5) is 16.7. The van der Waals surface area contributed by atoms with Crippen molar-refractivity contribution in [2.75, 3.05) is 25.1 Å². The van der Waals surface area contributed by atoms with Crippen LogP contribution in [0.2, 0.25) is 0 Å². The molecule has 2 aromatic rings. The van der Waals surface area contributed by atoms with E-state index in [1.165, 1.54) is 0 Å². The maximum absolute atomic E-state index is 12.2. The zero-order chi connectivity index (χ0) is 16.7. The monoisotopic (exact) mass is 318 g/mol. The lowest BCUT2D eigenvalue weighted by atomic mass is 10.2. The molecule has 7 heteroatoms. The van der Waals surface area contributed by atoms with Gasteiger partial charge in [0, 0.05) is 6.54 Å². The molecule has 2 rings (SSSR count). The summed E-state index contributed by atoms with van der Waals surface area (Å²) in [5.74, 6) is 0.447. The van der Waals surface area contributed by atoms with Gasteiger partial charge in [-0.3, -0.25) is 0 Å². The van der Waals surface area contributed by atoms with Crippen LogP contribution in [0.1, 0.15) is 44.0 Å². The molecular formula is C16H22N4O3. The largest absolute Gasteiger partial charge is 0.476 e. The second-order valence-electron chi connectivity index (χ2n) is 4.90. The Morgan fingerprint density at radius 1 is 1.26 bits per heavy atom. The fourth-order valence-corrected chi connectivity index (χ4v) is 2.11. The lowest BCUT2D eigenvalue weighted by Crippen LogP contribution is -2.13. The van der Waals surface area contributed by atoms with Gasteiger partial charge < -0.3 is 14.8 Å². The number of nitrogens with zero attached hydrogens (tertiary/aromatic N) is 3. The third kappa shape index (κ3) is 4.06. The molecule has 0 bridgehead atoms. The number of nitrogens with one attached hydrogen (secondary N) is 1. The van der Waals surface area contributed by atoms with Gasteiger partial charge in [-0.15, -0.1) is 5.10 Å². The maximum atomic E-state index is 12.2. The van der Waals surface area contributed by atoms with Gasteiger partial charge in [-0.1, -0.05) is 13.3 Å². The summed E-state index contributed by atoms with van der Waals surface area (Å²) in [6.45, 7) is 7.23. The number of ether oxygens (including phenoxy) is 2. The number of hydrogen-bond acceptors (Lipinski definition) is 7. The zero-order valence-corrected chi connectivity index (χ0v) is 13.8. The highest BCUT2D eigenvalue weighted by atomic mass is 16.5. The van der Waals surface area contributed by atoms with Crippen LogP contribution < -0.4 is 10.1 Å². The molecule has 0 amide bonds. The minimum absolute atomic E-state index is 0.304. The molecule has 0 aliphatic carbocycles. The van der Waals surface area contributed by atoms with Gasteiger partial charge in [0.1, 0.15) is 11.4 Å². The van der Waals surface area contributed by atoms with Gasteiger partial charge in [0.05, 0.1) is 30.3 Å². The summed E-state index contributed by atoms with van der Waals surface area (Å²) in [7, 11) is 0. The van der Waals surface area contributed by atoms with Gasteiger partial charge in [-0.2, -0.15) is 5.10 Å². The van der Waals surface area contributed by atoms with Crippen LogP contribution in [0.4, 0.5) is 5.82 Å². The minimum Gasteiger partial charge on any atom is -0.476 e. The van der Waals surface area contributed by atoms with Crippen LogP contribution in [-0.2, 0) is 4.74 Å². The molecule has 23 heavy (non-hydrogen) atoms. The molecule has 124 valence electrons. The van der Waals surface area contributed by atoms with E-state index < -0.39 is 5.97 Å². The van der Waals surface area contributed by atoms with Crippen LogP contribution in [0, 0.1) is 0 Å². The van der Waals surface area contributed by atoms with Gasteiger partial charge in [-0.25, -0.2) is 9.78 Å². The Morgan fingerprint density at radius 3 is 2.78 bits per heavy atom. The number of fused-ring (bicyclic) bond motifs is 1. The van der Waals surface area contributed by atoms with E-state index in [1.807, 2.05) is 6.92 Å². The maximum Gasteiger partial charge on any atom is 0.341 e. The Morgan fingerprint density at radius 2 is 2.09 bits per heavy atom. The zero-order valence-electron chi connectivity index (χ0n) is 13.8. The molecule has 0 radical (unpaired) electrons. The molecule has 2 aromatic heterocycles. The Labute approximate surface area is 135 Å². The van der Waals surface area contributed by atoms with Gasteiger partial charge in [0.2, 0.25) is 5.88 Å². The molecule has 0 spiro atoms. The molecular weight excluding hydrogens is 296 g/mol. The van der Waals surface area contributed by atoms with Crippen LogP contribution in [0.15, 0.2) is 12.3 Å². The number of hydrogen-bond donors (Lipinski definition) is 1. The summed E-state index contributed by atoms with van der Waals surface area (Å²) in [6.07, 6.45) is 3.59. The number of carbonyl (C=O) groups is 1. The molecule has 0 unspecified atom stereocenters. The average Bonchev–Trinajstić information content (AvgIpc) is 2.55. The number of pyridine rings is 1. The lowest BCUT2D eigenvalue weighted by molar-refractivity contribution is 0.0527. The van der Waals surface area contributed by atoms with Crippen molar-refractivity contribution in [2.45, 2.75) is 33.6 Å². The molecule has 2 heterocycles. The fraction of sp³-hybridized carbons (Fsp3) is 0.500. The number of esters is 1. The van der Waals surface area contributed by atoms with Gasteiger partial charge in [0.25, 0.3) is 0 Å². The fourth-order valence-electron chi connectivity index (χ4n) is 2.11. The number of rotatable bonds is 8. The highest BCUT2D eigenvalue weighted by Crippen LogP contribution is 2.26. The summed E-state index contributed by atoms with van der Waals surface area (Å²) < 4.78 is 10.6. The topological polar surface area (TPSA) is 86.2 Å². The van der Waals surface area contributed by atoms with E-state index in [4.69, 9.17) is 9.47 Å². The Balaban J connectivity index is 2.49. The van der Waals surface area contributed by atoms with E-state index in [-0.39, 0.29) is 0 Å². The number of unbranched alkanes of at least 4 members (excludes halogenated alkanes) is 1. The molecule has 0 saturated carbocycles. The van der Waals surface area contributed by atoms with E-state index in [1.54, 1.807) is 19.2 Å². The minimum atomic E-state index is -0.417. The number of carbonyl (C=O) groups excluding carboxylic acids is 1. The molecule has 0 saturated heterocycles. The number of anilines is 1. The second-order valence-corrected chi connectivity index (χ2v) is 4.90. The van der Waals surface area contributed by atoms with Gasteiger partial charge >= 0.3 is 5.97 Å². The van der Waals surface area contributed by atoms with Crippen molar-refractivity contribution < 1.29 is 14.3 Å². The van der Waals surface area contributed by atoms with Crippen LogP contribution in [0.3, 0.4) is 0 Å². The third-order valence-corrected chi connectivity index (χ3v) is 3.21. The SMILES string of the molecule is CCCCNc1nc2cnnc(OCC)c2cc1C(=O)OCC. The first-order chi connectivity index (χ1) is 11.2. The van der Waals surface area contributed by atoms with Crippen molar-refractivity contribution in [3.8, 4) is 5.88 Å². The van der Waals surface area contributed by atoms with Crippen LogP contribution in [-0.4, -0.2) is 40.9 Å². The molecule has 1 N–H and O–H groups in total. The summed E-state index contributed by atoms with van der Waals surface area (Å²) >= 11 is 0. The highest BCUT2D eigenvalue weighted by Gasteiger charge is 2.18. The van der Waals surface area contributed by atoms with E-state index in [2.05, 4.69) is 27.4 Å². The Bertz CT molecular complexity index is 676. The number of aromatic nitrogens is 3. The second kappa shape index (κ2) is 8.26. The first kappa shape index (κ1) is 16.9. The molecule has 0 aliphatic heterocycles. The van der Waals surface area contributed by atoms with Crippen molar-refractivity contribution in [1.82, 2.24) is 15.2 Å². The summed E-state index contributed by atoms with van der Waals surface area (Å²) in [5.41, 5.74) is 1.000.